The Balaban J connectivity index is 2.68. The van der Waals surface area contributed by atoms with E-state index < -0.39 is 0 Å². The monoisotopic (exact) mass is 268 g/mol. The highest BCUT2D eigenvalue weighted by Crippen LogP contribution is 2.38. The molecule has 0 spiro atoms. The number of hydrogen-bond acceptors (Lipinski definition) is 5. The highest BCUT2D eigenvalue weighted by molar-refractivity contribution is 5.69. The van der Waals surface area contributed by atoms with E-state index in [9.17, 15) is 4.79 Å². The molecule has 0 amide bonds. The lowest BCUT2D eigenvalue weighted by Gasteiger charge is -2.15. The molecule has 5 heteroatoms. The summed E-state index contributed by atoms with van der Waals surface area (Å²) in [5.41, 5.74) is 1.02. The summed E-state index contributed by atoms with van der Waals surface area (Å²) in [4.78, 5) is 11.0. The number of carbonyl (C=O) groups excluding carboxylic acids is 1. The molecular formula is C14H20O5. The van der Waals surface area contributed by atoms with E-state index in [1.54, 1.807) is 14.2 Å². The fourth-order valence-corrected chi connectivity index (χ4v) is 1.65. The fraction of sp³-hybridized carbons (Fsp3) is 0.500. The molecule has 0 saturated heterocycles. The van der Waals surface area contributed by atoms with Crippen molar-refractivity contribution in [2.24, 2.45) is 0 Å². The number of esters is 1. The molecule has 0 aliphatic rings. The lowest BCUT2D eigenvalue weighted by Crippen LogP contribution is -2.06. The van der Waals surface area contributed by atoms with Crippen LogP contribution in [0.4, 0.5) is 0 Å². The van der Waals surface area contributed by atoms with Crippen molar-refractivity contribution >= 4 is 5.97 Å². The van der Waals surface area contributed by atoms with Crippen LogP contribution in [0, 0.1) is 6.92 Å². The normalized spacial score (nSPS) is 9.89. The van der Waals surface area contributed by atoms with Gasteiger partial charge in [0.25, 0.3) is 0 Å². The summed E-state index contributed by atoms with van der Waals surface area (Å²) < 4.78 is 20.7. The molecule has 5 nitrogen and oxygen atoms in total. The first-order chi connectivity index (χ1) is 9.12. The number of ether oxygens (including phenoxy) is 4. The summed E-state index contributed by atoms with van der Waals surface area (Å²) in [6.07, 6.45) is 0.903. The van der Waals surface area contributed by atoms with Gasteiger partial charge in [-0.2, -0.15) is 0 Å². The molecule has 1 aromatic carbocycles. The Morgan fingerprint density at radius 3 is 2.16 bits per heavy atom. The van der Waals surface area contributed by atoms with Crippen molar-refractivity contribution in [3.8, 4) is 17.2 Å². The third kappa shape index (κ3) is 4.35. The Morgan fingerprint density at radius 2 is 1.68 bits per heavy atom. The number of carbonyl (C=O) groups is 1. The maximum absolute atomic E-state index is 11.0. The Kier molecular flexibility index (Phi) is 5.99. The van der Waals surface area contributed by atoms with E-state index in [4.69, 9.17) is 14.2 Å². The van der Waals surface area contributed by atoms with E-state index in [-0.39, 0.29) is 5.97 Å². The minimum absolute atomic E-state index is 0.244. The van der Waals surface area contributed by atoms with Crippen molar-refractivity contribution in [3.05, 3.63) is 17.7 Å². The standard InChI is InChI=1S/C14H20O5/c1-10-8-11(16-2)14(12(9-10)17-3)19-7-5-6-13(15)18-4/h8-9H,5-7H2,1-4H3. The van der Waals surface area contributed by atoms with Gasteiger partial charge in [-0.15, -0.1) is 0 Å². The van der Waals surface area contributed by atoms with Gasteiger partial charge in [-0.3, -0.25) is 4.79 Å². The number of rotatable bonds is 7. The van der Waals surface area contributed by atoms with Crippen molar-refractivity contribution in [1.82, 2.24) is 0 Å². The minimum Gasteiger partial charge on any atom is -0.493 e. The van der Waals surface area contributed by atoms with Crippen LogP contribution >= 0.6 is 0 Å². The van der Waals surface area contributed by atoms with Gasteiger partial charge in [-0.1, -0.05) is 0 Å². The van der Waals surface area contributed by atoms with Crippen LogP contribution in [0.5, 0.6) is 17.2 Å². The molecule has 0 aliphatic heterocycles. The third-order valence-corrected chi connectivity index (χ3v) is 2.60. The Bertz CT molecular complexity index is 403. The summed E-state index contributed by atoms with van der Waals surface area (Å²) in [5.74, 6) is 1.55. The van der Waals surface area contributed by atoms with Gasteiger partial charge >= 0.3 is 5.97 Å². The Labute approximate surface area is 113 Å². The van der Waals surface area contributed by atoms with Crippen LogP contribution in [0.15, 0.2) is 12.1 Å². The molecule has 0 bridgehead atoms. The molecule has 0 heterocycles. The molecular weight excluding hydrogens is 248 g/mol. The van der Waals surface area contributed by atoms with Crippen molar-refractivity contribution in [1.29, 1.82) is 0 Å². The minimum atomic E-state index is -0.244. The van der Waals surface area contributed by atoms with Gasteiger partial charge in [0.15, 0.2) is 11.5 Å². The van der Waals surface area contributed by atoms with E-state index in [0.29, 0.717) is 36.7 Å². The first kappa shape index (κ1) is 15.1. The van der Waals surface area contributed by atoms with Gasteiger partial charge in [0.2, 0.25) is 5.75 Å². The smallest absolute Gasteiger partial charge is 0.305 e. The molecule has 0 unspecified atom stereocenters. The molecule has 0 atom stereocenters. The van der Waals surface area contributed by atoms with Crippen molar-refractivity contribution < 1.29 is 23.7 Å². The van der Waals surface area contributed by atoms with Gasteiger partial charge in [-0.25, -0.2) is 0 Å². The summed E-state index contributed by atoms with van der Waals surface area (Å²) >= 11 is 0. The fourth-order valence-electron chi connectivity index (χ4n) is 1.65. The Morgan fingerprint density at radius 1 is 1.11 bits per heavy atom. The topological polar surface area (TPSA) is 54.0 Å². The lowest BCUT2D eigenvalue weighted by molar-refractivity contribution is -0.140. The quantitative estimate of drug-likeness (QED) is 0.561. The number of aryl methyl sites for hydroxylation is 1. The predicted octanol–water partition coefficient (Wildman–Crippen LogP) is 2.34. The molecule has 0 aliphatic carbocycles. The molecule has 0 radical (unpaired) electrons. The van der Waals surface area contributed by atoms with E-state index in [1.807, 2.05) is 19.1 Å². The summed E-state index contributed by atoms with van der Waals surface area (Å²) in [7, 11) is 4.53. The predicted molar refractivity (Wildman–Crippen MR) is 71.0 cm³/mol. The molecule has 106 valence electrons. The highest BCUT2D eigenvalue weighted by Gasteiger charge is 2.13. The first-order valence-electron chi connectivity index (χ1n) is 6.04. The zero-order valence-electron chi connectivity index (χ0n) is 11.8. The maximum atomic E-state index is 11.0. The van der Waals surface area contributed by atoms with Crippen LogP contribution in [-0.4, -0.2) is 33.9 Å². The average molecular weight is 268 g/mol. The maximum Gasteiger partial charge on any atom is 0.305 e. The summed E-state index contributed by atoms with van der Waals surface area (Å²) in [6, 6.07) is 3.75. The largest absolute Gasteiger partial charge is 0.493 e. The Hall–Kier alpha value is -1.91. The SMILES string of the molecule is COC(=O)CCCOc1c(OC)cc(C)cc1OC. The van der Waals surface area contributed by atoms with Crippen LogP contribution in [0.3, 0.4) is 0 Å². The van der Waals surface area contributed by atoms with Crippen molar-refractivity contribution in [2.75, 3.05) is 27.9 Å². The molecule has 1 rings (SSSR count). The molecule has 1 aromatic rings. The van der Waals surface area contributed by atoms with Crippen LogP contribution < -0.4 is 14.2 Å². The zero-order chi connectivity index (χ0) is 14.3. The molecule has 0 saturated carbocycles. The average Bonchev–Trinajstić information content (AvgIpc) is 2.43. The van der Waals surface area contributed by atoms with E-state index in [2.05, 4.69) is 4.74 Å². The van der Waals surface area contributed by atoms with Crippen LogP contribution in [0.25, 0.3) is 0 Å². The number of methoxy groups -OCH3 is 3. The third-order valence-electron chi connectivity index (χ3n) is 2.60. The lowest BCUT2D eigenvalue weighted by atomic mass is 10.2. The van der Waals surface area contributed by atoms with Crippen LogP contribution in [-0.2, 0) is 9.53 Å². The van der Waals surface area contributed by atoms with Gasteiger partial charge < -0.3 is 18.9 Å². The molecule has 19 heavy (non-hydrogen) atoms. The molecule has 0 N–H and O–H groups in total. The number of hydrogen-bond donors (Lipinski definition) is 0. The molecule has 0 fully saturated rings. The second kappa shape index (κ2) is 7.51. The van der Waals surface area contributed by atoms with Gasteiger partial charge in [0.1, 0.15) is 0 Å². The number of benzene rings is 1. The second-order valence-corrected chi connectivity index (χ2v) is 4.03. The van der Waals surface area contributed by atoms with Crippen molar-refractivity contribution in [3.63, 3.8) is 0 Å². The van der Waals surface area contributed by atoms with E-state index in [0.717, 1.165) is 5.56 Å². The zero-order valence-corrected chi connectivity index (χ0v) is 11.8. The van der Waals surface area contributed by atoms with Gasteiger partial charge in [0.05, 0.1) is 27.9 Å². The first-order valence-corrected chi connectivity index (χ1v) is 6.04. The highest BCUT2D eigenvalue weighted by atomic mass is 16.5. The van der Waals surface area contributed by atoms with Gasteiger partial charge in [0, 0.05) is 6.42 Å². The van der Waals surface area contributed by atoms with Crippen LogP contribution in [0.1, 0.15) is 18.4 Å². The second-order valence-electron chi connectivity index (χ2n) is 4.03. The van der Waals surface area contributed by atoms with E-state index in [1.165, 1.54) is 7.11 Å². The molecule has 0 aromatic heterocycles. The van der Waals surface area contributed by atoms with Crippen LogP contribution in [0.2, 0.25) is 0 Å². The van der Waals surface area contributed by atoms with E-state index >= 15 is 0 Å². The van der Waals surface area contributed by atoms with Gasteiger partial charge in [-0.05, 0) is 31.0 Å². The summed E-state index contributed by atoms with van der Waals surface area (Å²) in [5, 5.41) is 0. The van der Waals surface area contributed by atoms with Crippen molar-refractivity contribution in [2.45, 2.75) is 19.8 Å². The summed E-state index contributed by atoms with van der Waals surface area (Å²) in [6.45, 7) is 2.34.